The molecule has 0 saturated carbocycles. The van der Waals surface area contributed by atoms with Crippen molar-refractivity contribution in [3.05, 3.63) is 46.9 Å². The molecule has 0 fully saturated rings. The van der Waals surface area contributed by atoms with Gasteiger partial charge in [0.05, 0.1) is 17.6 Å². The Morgan fingerprint density at radius 2 is 2.04 bits per heavy atom. The maximum atomic E-state index is 12.8. The fourth-order valence-electron chi connectivity index (χ4n) is 2.13. The number of amides is 3. The number of nitrogens with one attached hydrogen (secondary N) is 3. The standard InChI is InChI=1S/C15H14N6O3S/c1-16-14(24)18-11(22)8-25-15-19-12-10(7-17-20-12)13(23)21(15)9-5-3-2-4-6-9/h2-7H,8H2,1H3,(H,17,20)(H2,16,18,22,24). The molecule has 25 heavy (non-hydrogen) atoms. The lowest BCUT2D eigenvalue weighted by molar-refractivity contribution is -0.117. The molecule has 0 spiro atoms. The molecule has 0 atom stereocenters. The summed E-state index contributed by atoms with van der Waals surface area (Å²) >= 11 is 1.05. The van der Waals surface area contributed by atoms with E-state index in [9.17, 15) is 14.4 Å². The number of carbonyl (C=O) groups excluding carboxylic acids is 2. The van der Waals surface area contributed by atoms with E-state index in [2.05, 4.69) is 25.8 Å². The van der Waals surface area contributed by atoms with Crippen LogP contribution in [0.1, 0.15) is 0 Å². The van der Waals surface area contributed by atoms with Crippen LogP contribution in [-0.4, -0.2) is 44.5 Å². The Morgan fingerprint density at radius 1 is 1.28 bits per heavy atom. The summed E-state index contributed by atoms with van der Waals surface area (Å²) in [5.74, 6) is -0.574. The van der Waals surface area contributed by atoms with E-state index < -0.39 is 11.9 Å². The quantitative estimate of drug-likeness (QED) is 0.465. The number of aromatic amines is 1. The monoisotopic (exact) mass is 358 g/mol. The predicted octanol–water partition coefficient (Wildman–Crippen LogP) is 0.656. The van der Waals surface area contributed by atoms with E-state index in [4.69, 9.17) is 0 Å². The molecule has 0 aliphatic carbocycles. The highest BCUT2D eigenvalue weighted by Crippen LogP contribution is 2.20. The fourth-order valence-corrected chi connectivity index (χ4v) is 2.94. The highest BCUT2D eigenvalue weighted by Gasteiger charge is 2.16. The Hall–Kier alpha value is -3.14. The van der Waals surface area contributed by atoms with Crippen molar-refractivity contribution in [1.82, 2.24) is 30.4 Å². The van der Waals surface area contributed by atoms with E-state index in [0.717, 1.165) is 11.8 Å². The van der Waals surface area contributed by atoms with Crippen molar-refractivity contribution < 1.29 is 9.59 Å². The lowest BCUT2D eigenvalue weighted by Gasteiger charge is -2.11. The molecule has 0 bridgehead atoms. The second-order valence-corrected chi connectivity index (χ2v) is 5.86. The molecule has 0 aliphatic heterocycles. The molecule has 2 aromatic heterocycles. The highest BCUT2D eigenvalue weighted by molar-refractivity contribution is 7.99. The SMILES string of the molecule is CNC(=O)NC(=O)CSc1nc2[nH]ncc2c(=O)n1-c1ccccc1. The van der Waals surface area contributed by atoms with Crippen LogP contribution in [0.25, 0.3) is 16.7 Å². The number of carbonyl (C=O) groups is 2. The number of fused-ring (bicyclic) bond motifs is 1. The van der Waals surface area contributed by atoms with E-state index in [0.29, 0.717) is 21.9 Å². The Morgan fingerprint density at radius 3 is 2.76 bits per heavy atom. The summed E-state index contributed by atoms with van der Waals surface area (Å²) in [5.41, 5.74) is 0.669. The molecule has 128 valence electrons. The van der Waals surface area contributed by atoms with Gasteiger partial charge in [-0.3, -0.25) is 24.6 Å². The molecule has 0 saturated heterocycles. The summed E-state index contributed by atoms with van der Waals surface area (Å²) in [6, 6.07) is 8.38. The van der Waals surface area contributed by atoms with Crippen molar-refractivity contribution in [1.29, 1.82) is 0 Å². The largest absolute Gasteiger partial charge is 0.341 e. The molecule has 3 amide bonds. The number of imide groups is 1. The van der Waals surface area contributed by atoms with Crippen LogP contribution in [0.4, 0.5) is 4.79 Å². The Labute approximate surface area is 145 Å². The van der Waals surface area contributed by atoms with Crippen molar-refractivity contribution in [2.24, 2.45) is 0 Å². The third-order valence-electron chi connectivity index (χ3n) is 3.28. The van der Waals surface area contributed by atoms with Crippen molar-refractivity contribution in [2.45, 2.75) is 5.16 Å². The van der Waals surface area contributed by atoms with Crippen molar-refractivity contribution in [2.75, 3.05) is 12.8 Å². The first kappa shape index (κ1) is 16.7. The van der Waals surface area contributed by atoms with Crippen LogP contribution in [-0.2, 0) is 4.79 Å². The molecule has 0 aliphatic rings. The number of aromatic nitrogens is 4. The summed E-state index contributed by atoms with van der Waals surface area (Å²) < 4.78 is 1.41. The molecule has 0 radical (unpaired) electrons. The first-order valence-corrected chi connectivity index (χ1v) is 8.24. The van der Waals surface area contributed by atoms with E-state index >= 15 is 0 Å². The van der Waals surface area contributed by atoms with Gasteiger partial charge in [-0.15, -0.1) is 0 Å². The molecular weight excluding hydrogens is 344 g/mol. The van der Waals surface area contributed by atoms with Gasteiger partial charge in [-0.1, -0.05) is 30.0 Å². The molecule has 3 aromatic rings. The van der Waals surface area contributed by atoms with Crippen LogP contribution in [0.2, 0.25) is 0 Å². The summed E-state index contributed by atoms with van der Waals surface area (Å²) in [4.78, 5) is 40.1. The number of para-hydroxylation sites is 1. The predicted molar refractivity (Wildman–Crippen MR) is 92.8 cm³/mol. The summed E-state index contributed by atoms with van der Waals surface area (Å²) in [7, 11) is 1.41. The van der Waals surface area contributed by atoms with Gasteiger partial charge in [-0.05, 0) is 12.1 Å². The Balaban J connectivity index is 1.97. The summed E-state index contributed by atoms with van der Waals surface area (Å²) in [6.45, 7) is 0. The Bertz CT molecular complexity index is 982. The minimum atomic E-state index is -0.594. The zero-order chi connectivity index (χ0) is 17.8. The van der Waals surface area contributed by atoms with Gasteiger partial charge in [0.15, 0.2) is 10.8 Å². The minimum absolute atomic E-state index is 0.0770. The van der Waals surface area contributed by atoms with Gasteiger partial charge in [0.2, 0.25) is 5.91 Å². The third-order valence-corrected chi connectivity index (χ3v) is 4.22. The van der Waals surface area contributed by atoms with Crippen molar-refractivity contribution in [3.63, 3.8) is 0 Å². The molecule has 3 rings (SSSR count). The third kappa shape index (κ3) is 3.53. The van der Waals surface area contributed by atoms with Crippen molar-refractivity contribution >= 4 is 34.7 Å². The molecule has 2 heterocycles. The van der Waals surface area contributed by atoms with E-state index in [-0.39, 0.29) is 11.3 Å². The van der Waals surface area contributed by atoms with Crippen LogP contribution in [0, 0.1) is 0 Å². The number of hydrogen-bond donors (Lipinski definition) is 3. The summed E-state index contributed by atoms with van der Waals surface area (Å²) in [6.07, 6.45) is 1.41. The first-order chi connectivity index (χ1) is 12.1. The number of urea groups is 1. The average Bonchev–Trinajstić information content (AvgIpc) is 3.09. The number of thioether (sulfide) groups is 1. The number of rotatable bonds is 4. The zero-order valence-corrected chi connectivity index (χ0v) is 14.0. The van der Waals surface area contributed by atoms with Crippen molar-refractivity contribution in [3.8, 4) is 5.69 Å². The van der Waals surface area contributed by atoms with Gasteiger partial charge < -0.3 is 5.32 Å². The minimum Gasteiger partial charge on any atom is -0.341 e. The van der Waals surface area contributed by atoms with E-state index in [1.54, 1.807) is 24.3 Å². The normalized spacial score (nSPS) is 10.6. The zero-order valence-electron chi connectivity index (χ0n) is 13.1. The number of benzene rings is 1. The number of nitrogens with zero attached hydrogens (tertiary/aromatic N) is 3. The topological polar surface area (TPSA) is 122 Å². The summed E-state index contributed by atoms with van der Waals surface area (Å²) in [5, 5.41) is 11.6. The smallest absolute Gasteiger partial charge is 0.321 e. The van der Waals surface area contributed by atoms with Crippen LogP contribution >= 0.6 is 11.8 Å². The molecule has 0 unspecified atom stereocenters. The van der Waals surface area contributed by atoms with Gasteiger partial charge in [0, 0.05) is 7.05 Å². The molecule has 10 heteroatoms. The van der Waals surface area contributed by atoms with Gasteiger partial charge in [-0.2, -0.15) is 5.10 Å². The van der Waals surface area contributed by atoms with Gasteiger partial charge >= 0.3 is 6.03 Å². The second kappa shape index (κ2) is 7.18. The van der Waals surface area contributed by atoms with Crippen LogP contribution < -0.4 is 16.2 Å². The van der Waals surface area contributed by atoms with E-state index in [1.165, 1.54) is 17.8 Å². The fraction of sp³-hybridized carbons (Fsp3) is 0.133. The lowest BCUT2D eigenvalue weighted by Crippen LogP contribution is -2.38. The Kier molecular flexibility index (Phi) is 4.80. The maximum absolute atomic E-state index is 12.8. The number of H-pyrrole nitrogens is 1. The highest BCUT2D eigenvalue weighted by atomic mass is 32.2. The van der Waals surface area contributed by atoms with Gasteiger partial charge in [0.25, 0.3) is 5.56 Å². The molecule has 9 nitrogen and oxygen atoms in total. The van der Waals surface area contributed by atoms with Gasteiger partial charge in [0.1, 0.15) is 5.39 Å². The maximum Gasteiger partial charge on any atom is 0.321 e. The van der Waals surface area contributed by atoms with Crippen LogP contribution in [0.5, 0.6) is 0 Å². The lowest BCUT2D eigenvalue weighted by atomic mass is 10.3. The molecular formula is C15H14N6O3S. The van der Waals surface area contributed by atoms with Crippen LogP contribution in [0.15, 0.2) is 46.5 Å². The van der Waals surface area contributed by atoms with Crippen LogP contribution in [0.3, 0.4) is 0 Å². The molecule has 1 aromatic carbocycles. The average molecular weight is 358 g/mol. The first-order valence-electron chi connectivity index (χ1n) is 7.26. The van der Waals surface area contributed by atoms with Gasteiger partial charge in [-0.25, -0.2) is 9.78 Å². The van der Waals surface area contributed by atoms with E-state index in [1.807, 2.05) is 6.07 Å². The number of hydrogen-bond acceptors (Lipinski definition) is 6. The molecule has 3 N–H and O–H groups in total. The second-order valence-electron chi connectivity index (χ2n) is 4.92.